The van der Waals surface area contributed by atoms with E-state index in [-0.39, 0.29) is 11.4 Å². The predicted molar refractivity (Wildman–Crippen MR) is 68.0 cm³/mol. The summed E-state index contributed by atoms with van der Waals surface area (Å²) in [4.78, 5) is -0.488. The Hall–Kier alpha value is -2.15. The molecule has 0 fully saturated rings. The molecule has 2 aromatic rings. The second-order valence-electron chi connectivity index (χ2n) is 3.77. The zero-order valence-electron chi connectivity index (χ0n) is 9.60. The van der Waals surface area contributed by atoms with Gasteiger partial charge < -0.3 is 5.73 Å². The zero-order chi connectivity index (χ0) is 14.0. The highest BCUT2D eigenvalue weighted by Gasteiger charge is 2.18. The van der Waals surface area contributed by atoms with Gasteiger partial charge in [0.2, 0.25) is 0 Å². The van der Waals surface area contributed by atoms with Crippen LogP contribution in [0.25, 0.3) is 0 Å². The van der Waals surface area contributed by atoms with Crippen LogP contribution in [-0.4, -0.2) is 8.42 Å². The van der Waals surface area contributed by atoms with Gasteiger partial charge in [-0.3, -0.25) is 4.72 Å². The molecule has 0 aromatic heterocycles. The lowest BCUT2D eigenvalue weighted by molar-refractivity contribution is 0.570. The van der Waals surface area contributed by atoms with Crippen molar-refractivity contribution in [2.75, 3.05) is 10.5 Å². The third kappa shape index (κ3) is 2.82. The topological polar surface area (TPSA) is 72.2 Å². The molecule has 0 heterocycles. The first kappa shape index (κ1) is 13.3. The fraction of sp³-hybridized carbons (Fsp3) is 0. The number of hydrogen-bond donors (Lipinski definition) is 2. The molecule has 2 rings (SSSR count). The van der Waals surface area contributed by atoms with E-state index in [1.165, 1.54) is 18.2 Å². The molecule has 3 N–H and O–H groups in total. The third-order valence-electron chi connectivity index (χ3n) is 2.37. The Morgan fingerprint density at radius 3 is 2.32 bits per heavy atom. The predicted octanol–water partition coefficient (Wildman–Crippen LogP) is 2.35. The van der Waals surface area contributed by atoms with Gasteiger partial charge in [-0.2, -0.15) is 0 Å². The van der Waals surface area contributed by atoms with Gasteiger partial charge in [0.05, 0.1) is 11.4 Å². The van der Waals surface area contributed by atoms with Crippen LogP contribution in [0.5, 0.6) is 0 Å². The van der Waals surface area contributed by atoms with E-state index in [2.05, 4.69) is 4.72 Å². The first-order valence-electron chi connectivity index (χ1n) is 5.22. The Labute approximate surface area is 108 Å². The van der Waals surface area contributed by atoms with E-state index < -0.39 is 26.6 Å². The van der Waals surface area contributed by atoms with E-state index in [0.717, 1.165) is 24.3 Å². The van der Waals surface area contributed by atoms with Crippen molar-refractivity contribution in [3.05, 3.63) is 54.1 Å². The Balaban J connectivity index is 2.37. The van der Waals surface area contributed by atoms with Gasteiger partial charge in [0.15, 0.2) is 0 Å². The van der Waals surface area contributed by atoms with Crippen molar-refractivity contribution in [3.8, 4) is 0 Å². The average Bonchev–Trinajstić information content (AvgIpc) is 2.34. The maximum absolute atomic E-state index is 13.4. The van der Waals surface area contributed by atoms with E-state index in [1.807, 2.05) is 0 Å². The molecule has 4 nitrogen and oxygen atoms in total. The minimum atomic E-state index is -4.08. The van der Waals surface area contributed by atoms with E-state index in [4.69, 9.17) is 5.73 Å². The molecule has 2 aromatic carbocycles. The van der Waals surface area contributed by atoms with Crippen molar-refractivity contribution in [2.45, 2.75) is 4.90 Å². The highest BCUT2D eigenvalue weighted by molar-refractivity contribution is 7.92. The summed E-state index contributed by atoms with van der Waals surface area (Å²) in [6.07, 6.45) is 0. The molecule has 0 saturated carbocycles. The average molecular weight is 284 g/mol. The molecule has 19 heavy (non-hydrogen) atoms. The van der Waals surface area contributed by atoms with Gasteiger partial charge in [0, 0.05) is 0 Å². The fourth-order valence-corrected chi connectivity index (χ4v) is 2.61. The molecule has 0 aliphatic carbocycles. The van der Waals surface area contributed by atoms with Gasteiger partial charge in [-0.05, 0) is 30.3 Å². The number of benzene rings is 2. The number of nitrogens with two attached hydrogens (primary N) is 1. The first-order chi connectivity index (χ1) is 8.90. The van der Waals surface area contributed by atoms with Crippen LogP contribution in [0.4, 0.5) is 20.2 Å². The first-order valence-corrected chi connectivity index (χ1v) is 6.71. The lowest BCUT2D eigenvalue weighted by atomic mass is 10.3. The molecule has 0 saturated heterocycles. The third-order valence-corrected chi connectivity index (χ3v) is 3.79. The highest BCUT2D eigenvalue weighted by atomic mass is 32.2. The molecule has 0 spiro atoms. The molecular formula is C12H10F2N2O2S. The van der Waals surface area contributed by atoms with E-state index >= 15 is 0 Å². The molecular weight excluding hydrogens is 274 g/mol. The molecule has 100 valence electrons. The normalized spacial score (nSPS) is 11.3. The quantitative estimate of drug-likeness (QED) is 0.850. The van der Waals surface area contributed by atoms with Gasteiger partial charge in [-0.1, -0.05) is 12.1 Å². The van der Waals surface area contributed by atoms with Gasteiger partial charge in [0.1, 0.15) is 16.5 Å². The summed E-state index contributed by atoms with van der Waals surface area (Å²) >= 11 is 0. The Kier molecular flexibility index (Phi) is 3.39. The minimum Gasteiger partial charge on any atom is -0.396 e. The van der Waals surface area contributed by atoms with Crippen LogP contribution in [0.2, 0.25) is 0 Å². The number of rotatable bonds is 3. The summed E-state index contributed by atoms with van der Waals surface area (Å²) in [6, 6.07) is 8.28. The van der Waals surface area contributed by atoms with Gasteiger partial charge in [-0.15, -0.1) is 0 Å². The summed E-state index contributed by atoms with van der Waals surface area (Å²) in [7, 11) is -4.08. The van der Waals surface area contributed by atoms with Crippen molar-refractivity contribution in [3.63, 3.8) is 0 Å². The summed E-state index contributed by atoms with van der Waals surface area (Å²) in [6.45, 7) is 0. The van der Waals surface area contributed by atoms with Crippen molar-refractivity contribution in [2.24, 2.45) is 0 Å². The minimum absolute atomic E-state index is 0.0575. The molecule has 0 atom stereocenters. The van der Waals surface area contributed by atoms with Crippen LogP contribution in [0.3, 0.4) is 0 Å². The van der Waals surface area contributed by atoms with Gasteiger partial charge >= 0.3 is 0 Å². The van der Waals surface area contributed by atoms with Gasteiger partial charge in [-0.25, -0.2) is 17.2 Å². The van der Waals surface area contributed by atoms with Crippen molar-refractivity contribution in [1.82, 2.24) is 0 Å². The number of sulfonamides is 1. The smallest absolute Gasteiger partial charge is 0.264 e. The summed E-state index contributed by atoms with van der Waals surface area (Å²) in [5, 5.41) is 0. The lowest BCUT2D eigenvalue weighted by Crippen LogP contribution is -2.14. The van der Waals surface area contributed by atoms with Crippen molar-refractivity contribution < 1.29 is 17.2 Å². The number of nitrogens with one attached hydrogen (secondary N) is 1. The molecule has 0 bridgehead atoms. The molecule has 0 aliphatic heterocycles. The molecule has 0 aliphatic rings. The lowest BCUT2D eigenvalue weighted by Gasteiger charge is -2.09. The number of nitrogen functional groups attached to an aromatic ring is 1. The van der Waals surface area contributed by atoms with Gasteiger partial charge in [0.25, 0.3) is 10.0 Å². The van der Waals surface area contributed by atoms with Crippen LogP contribution >= 0.6 is 0 Å². The van der Waals surface area contributed by atoms with Crippen molar-refractivity contribution >= 4 is 21.4 Å². The zero-order valence-corrected chi connectivity index (χ0v) is 10.4. The molecule has 0 unspecified atom stereocenters. The number of hydrogen-bond acceptors (Lipinski definition) is 3. The Bertz CT molecular complexity index is 717. The second-order valence-corrected chi connectivity index (χ2v) is 5.42. The maximum Gasteiger partial charge on any atom is 0.264 e. The van der Waals surface area contributed by atoms with Crippen LogP contribution in [0.15, 0.2) is 47.4 Å². The SMILES string of the molecule is Nc1cc(NS(=O)(=O)c2ccccc2F)ccc1F. The Morgan fingerprint density at radius 2 is 1.68 bits per heavy atom. The number of anilines is 2. The van der Waals surface area contributed by atoms with Crippen LogP contribution in [0, 0.1) is 11.6 Å². The van der Waals surface area contributed by atoms with Crippen LogP contribution in [-0.2, 0) is 10.0 Å². The maximum atomic E-state index is 13.4. The van der Waals surface area contributed by atoms with Crippen molar-refractivity contribution in [1.29, 1.82) is 0 Å². The summed E-state index contributed by atoms with van der Waals surface area (Å²) in [5.74, 6) is -1.53. The standard InChI is InChI=1S/C12H10F2N2O2S/c13-9-6-5-8(7-11(9)15)16-19(17,18)12-4-2-1-3-10(12)14/h1-7,16H,15H2. The summed E-state index contributed by atoms with van der Waals surface area (Å²) < 4.78 is 52.4. The van der Waals surface area contributed by atoms with E-state index in [9.17, 15) is 17.2 Å². The van der Waals surface area contributed by atoms with Crippen LogP contribution in [0.1, 0.15) is 0 Å². The summed E-state index contributed by atoms with van der Waals surface area (Å²) in [5.41, 5.74) is 5.18. The van der Waals surface area contributed by atoms with Crippen LogP contribution < -0.4 is 10.5 Å². The van der Waals surface area contributed by atoms with E-state index in [0.29, 0.717) is 0 Å². The molecule has 0 radical (unpaired) electrons. The second kappa shape index (κ2) is 4.85. The van der Waals surface area contributed by atoms with E-state index in [1.54, 1.807) is 0 Å². The number of halogens is 2. The fourth-order valence-electron chi connectivity index (χ4n) is 1.48. The largest absolute Gasteiger partial charge is 0.396 e. The highest BCUT2D eigenvalue weighted by Crippen LogP contribution is 2.21. The molecule has 7 heteroatoms. The Morgan fingerprint density at radius 1 is 1.00 bits per heavy atom. The monoisotopic (exact) mass is 284 g/mol. The molecule has 0 amide bonds.